The van der Waals surface area contributed by atoms with Crippen molar-refractivity contribution in [2.45, 2.75) is 56.8 Å². The molecule has 0 saturated heterocycles. The highest BCUT2D eigenvalue weighted by Gasteiger charge is 2.56. The molecule has 0 aromatic heterocycles. The van der Waals surface area contributed by atoms with E-state index < -0.39 is 0 Å². The Morgan fingerprint density at radius 2 is 1.39 bits per heavy atom. The summed E-state index contributed by atoms with van der Waals surface area (Å²) in [6.45, 7) is 4.04. The van der Waals surface area contributed by atoms with Gasteiger partial charge in [0.05, 0.1) is 0 Å². The molecule has 5 rings (SSSR count). The molecule has 0 heterocycles. The molecule has 1 aromatic rings. The average molecular weight is 411 g/mol. The van der Waals surface area contributed by atoms with Crippen molar-refractivity contribution in [1.29, 1.82) is 0 Å². The summed E-state index contributed by atoms with van der Waals surface area (Å²) < 4.78 is 0. The van der Waals surface area contributed by atoms with E-state index in [2.05, 4.69) is 91.6 Å². The van der Waals surface area contributed by atoms with Crippen LogP contribution in [-0.2, 0) is 5.41 Å². The molecule has 0 amide bonds. The minimum absolute atomic E-state index is 0.243. The number of allylic oxidation sites excluding steroid dienone is 9. The number of unbranched alkanes of at least 4 members (excludes halogenated alkanes) is 1. The van der Waals surface area contributed by atoms with Crippen molar-refractivity contribution in [2.24, 2.45) is 35.5 Å². The maximum atomic E-state index is 4.04. The van der Waals surface area contributed by atoms with Gasteiger partial charge in [-0.2, -0.15) is 0 Å². The van der Waals surface area contributed by atoms with Crippen LogP contribution in [0.3, 0.4) is 0 Å². The van der Waals surface area contributed by atoms with E-state index in [-0.39, 0.29) is 5.41 Å². The largest absolute Gasteiger partial charge is 0.103 e. The van der Waals surface area contributed by atoms with Crippen molar-refractivity contribution >= 4 is 0 Å². The van der Waals surface area contributed by atoms with Gasteiger partial charge in [0.1, 0.15) is 0 Å². The van der Waals surface area contributed by atoms with Gasteiger partial charge >= 0.3 is 0 Å². The molecule has 0 spiro atoms. The minimum atomic E-state index is 0.243. The first-order valence-electron chi connectivity index (χ1n) is 12.7. The quantitative estimate of drug-likeness (QED) is 0.299. The Hall–Kier alpha value is -2.08. The molecule has 0 radical (unpaired) electrons. The van der Waals surface area contributed by atoms with Crippen LogP contribution in [0.1, 0.15) is 56.9 Å². The summed E-state index contributed by atoms with van der Waals surface area (Å²) in [4.78, 5) is 0. The van der Waals surface area contributed by atoms with E-state index in [4.69, 9.17) is 0 Å². The van der Waals surface area contributed by atoms with Crippen molar-refractivity contribution in [2.75, 3.05) is 0 Å². The third-order valence-corrected chi connectivity index (χ3v) is 8.86. The molecule has 4 aliphatic rings. The zero-order chi connectivity index (χ0) is 21.1. The predicted octanol–water partition coefficient (Wildman–Crippen LogP) is 8.21. The number of hydrogen-bond donors (Lipinski definition) is 0. The molecule has 31 heavy (non-hydrogen) atoms. The zero-order valence-corrected chi connectivity index (χ0v) is 18.9. The summed E-state index contributed by atoms with van der Waals surface area (Å²) in [5.74, 6) is 4.11. The Balaban J connectivity index is 1.63. The van der Waals surface area contributed by atoms with E-state index >= 15 is 0 Å². The van der Waals surface area contributed by atoms with Crippen LogP contribution < -0.4 is 0 Å². The molecule has 0 N–H and O–H groups in total. The van der Waals surface area contributed by atoms with Gasteiger partial charge in [-0.3, -0.25) is 0 Å². The van der Waals surface area contributed by atoms with Crippen molar-refractivity contribution in [3.05, 3.63) is 97.2 Å². The first kappa shape index (κ1) is 20.8. The van der Waals surface area contributed by atoms with Crippen molar-refractivity contribution in [3.63, 3.8) is 0 Å². The molecule has 0 bridgehead atoms. The van der Waals surface area contributed by atoms with Gasteiger partial charge in [0.25, 0.3) is 0 Å². The van der Waals surface area contributed by atoms with Crippen molar-refractivity contribution < 1.29 is 0 Å². The molecule has 2 fully saturated rings. The maximum absolute atomic E-state index is 4.04. The van der Waals surface area contributed by atoms with Gasteiger partial charge < -0.3 is 0 Å². The Morgan fingerprint density at radius 1 is 0.806 bits per heavy atom. The van der Waals surface area contributed by atoms with Gasteiger partial charge in [-0.05, 0) is 72.2 Å². The van der Waals surface area contributed by atoms with E-state index in [1.165, 1.54) is 44.9 Å². The second-order valence-electron chi connectivity index (χ2n) is 10.4. The molecule has 5 atom stereocenters. The molecule has 0 heteroatoms. The number of benzene rings is 1. The van der Waals surface area contributed by atoms with E-state index in [1.54, 1.807) is 5.56 Å². The molecule has 2 saturated carbocycles. The number of hydrogen-bond acceptors (Lipinski definition) is 0. The zero-order valence-electron chi connectivity index (χ0n) is 18.9. The second kappa shape index (κ2) is 9.19. The third-order valence-electron chi connectivity index (χ3n) is 8.86. The Morgan fingerprint density at radius 3 is 1.97 bits per heavy atom. The van der Waals surface area contributed by atoms with Gasteiger partial charge in [-0.15, -0.1) is 6.58 Å². The first-order valence-corrected chi connectivity index (χ1v) is 12.7. The van der Waals surface area contributed by atoms with Gasteiger partial charge in [-0.1, -0.05) is 111 Å². The van der Waals surface area contributed by atoms with E-state index in [1.807, 2.05) is 0 Å². The Labute approximate surface area is 189 Å². The molecule has 1 aromatic carbocycles. The predicted molar refractivity (Wildman–Crippen MR) is 133 cm³/mol. The molecule has 5 unspecified atom stereocenters. The molecule has 0 nitrogen and oxygen atoms in total. The number of rotatable bonds is 8. The average Bonchev–Trinajstić information content (AvgIpc) is 3.45. The third kappa shape index (κ3) is 3.84. The highest BCUT2D eigenvalue weighted by atomic mass is 14.6. The second-order valence-corrected chi connectivity index (χ2v) is 10.4. The van der Waals surface area contributed by atoms with Gasteiger partial charge in [0.15, 0.2) is 0 Å². The van der Waals surface area contributed by atoms with Crippen LogP contribution in [0.2, 0.25) is 0 Å². The van der Waals surface area contributed by atoms with Crippen LogP contribution >= 0.6 is 0 Å². The summed E-state index contributed by atoms with van der Waals surface area (Å²) in [5, 5.41) is 0. The molecular weight excluding hydrogens is 372 g/mol. The molecular formula is C31H38. The van der Waals surface area contributed by atoms with E-state index in [9.17, 15) is 0 Å². The van der Waals surface area contributed by atoms with Crippen molar-refractivity contribution in [1.82, 2.24) is 0 Å². The topological polar surface area (TPSA) is 0 Å². The fourth-order valence-corrected chi connectivity index (χ4v) is 7.69. The summed E-state index contributed by atoms with van der Waals surface area (Å²) in [6, 6.07) is 11.7. The van der Waals surface area contributed by atoms with E-state index in [0.717, 1.165) is 12.3 Å². The maximum Gasteiger partial charge on any atom is -0.000435 e. The summed E-state index contributed by atoms with van der Waals surface area (Å²) in [6.07, 6.45) is 32.3. The highest BCUT2D eigenvalue weighted by Crippen LogP contribution is 2.61. The SMILES string of the molecule is C=CCCCC(CC1CCCC1)(c1ccccc1)C1C2C=CC=CC2C2C=CC=CC21. The minimum Gasteiger partial charge on any atom is -0.103 e. The van der Waals surface area contributed by atoms with Crippen LogP contribution in [0.25, 0.3) is 0 Å². The lowest BCUT2D eigenvalue weighted by atomic mass is 9.57. The molecule has 4 aliphatic carbocycles. The monoisotopic (exact) mass is 410 g/mol. The fourth-order valence-electron chi connectivity index (χ4n) is 7.69. The Kier molecular flexibility index (Phi) is 6.17. The lowest BCUT2D eigenvalue weighted by molar-refractivity contribution is 0.140. The Bertz CT molecular complexity index is 829. The highest BCUT2D eigenvalue weighted by molar-refractivity contribution is 5.36. The van der Waals surface area contributed by atoms with E-state index in [0.29, 0.717) is 29.6 Å². The summed E-state index contributed by atoms with van der Waals surface area (Å²) in [7, 11) is 0. The van der Waals surface area contributed by atoms with Gasteiger partial charge in [-0.25, -0.2) is 0 Å². The van der Waals surface area contributed by atoms with Crippen LogP contribution in [-0.4, -0.2) is 0 Å². The smallest absolute Gasteiger partial charge is 0.000435 e. The molecule has 0 aliphatic heterocycles. The summed E-state index contributed by atoms with van der Waals surface area (Å²) >= 11 is 0. The first-order chi connectivity index (χ1) is 15.3. The number of fused-ring (bicyclic) bond motifs is 3. The van der Waals surface area contributed by atoms with Crippen LogP contribution in [0.15, 0.2) is 91.6 Å². The lowest BCUT2D eigenvalue weighted by Crippen LogP contribution is -2.42. The lowest BCUT2D eigenvalue weighted by Gasteiger charge is -2.47. The van der Waals surface area contributed by atoms with Gasteiger partial charge in [0.2, 0.25) is 0 Å². The summed E-state index contributed by atoms with van der Waals surface area (Å²) in [5.41, 5.74) is 1.84. The molecule has 162 valence electrons. The fraction of sp³-hybridized carbons (Fsp3) is 0.484. The normalized spacial score (nSPS) is 33.2. The standard InChI is InChI=1S/C31H38/c1-2-3-13-22-31(23-24-14-7-8-15-24,25-16-5-4-6-17-25)30-28-20-11-9-18-26(28)27-19-10-12-21-29(27)30/h2,4-6,9-12,16-21,24,26-30H,1,3,7-8,13-15,22-23H2. The van der Waals surface area contributed by atoms with Gasteiger partial charge in [0, 0.05) is 0 Å². The van der Waals surface area contributed by atoms with Crippen LogP contribution in [0, 0.1) is 35.5 Å². The van der Waals surface area contributed by atoms with Crippen LogP contribution in [0.5, 0.6) is 0 Å². The van der Waals surface area contributed by atoms with Crippen LogP contribution in [0.4, 0.5) is 0 Å². The van der Waals surface area contributed by atoms with Crippen molar-refractivity contribution in [3.8, 4) is 0 Å².